The molecule has 3 aromatic carbocycles. The summed E-state index contributed by atoms with van der Waals surface area (Å²) in [6, 6.07) is 21.5. The van der Waals surface area contributed by atoms with Crippen LogP contribution in [0.1, 0.15) is 17.5 Å². The lowest BCUT2D eigenvalue weighted by atomic mass is 10.0. The number of nitrogens with one attached hydrogen (secondary N) is 1. The summed E-state index contributed by atoms with van der Waals surface area (Å²) in [6.45, 7) is 0.378. The van der Waals surface area contributed by atoms with Crippen molar-refractivity contribution in [3.63, 3.8) is 0 Å². The minimum Gasteiger partial charge on any atom is -0.326 e. The largest absolute Gasteiger partial charge is 0.326 e. The lowest BCUT2D eigenvalue weighted by molar-refractivity contribution is -0.122. The molecule has 1 N–H and O–H groups in total. The number of amides is 2. The Labute approximate surface area is 174 Å². The monoisotopic (exact) mass is 402 g/mol. The van der Waals surface area contributed by atoms with Gasteiger partial charge >= 0.3 is 0 Å². The van der Waals surface area contributed by atoms with Gasteiger partial charge in [-0.1, -0.05) is 41.9 Å². The van der Waals surface area contributed by atoms with Crippen LogP contribution in [0.15, 0.2) is 66.7 Å². The first-order valence-electron chi connectivity index (χ1n) is 9.66. The standard InChI is InChI=1S/C24H19ClN2O2/c25-18-5-8-20(9-6-18)27-14-17(13-23(27)28)24(29)26-19-7-10-22-16(12-19)11-15-3-1-2-4-21(15)22/h1-10,12,17H,11,13-14H2,(H,26,29). The summed E-state index contributed by atoms with van der Waals surface area (Å²) >= 11 is 5.93. The van der Waals surface area contributed by atoms with Gasteiger partial charge in [0.15, 0.2) is 0 Å². The summed E-state index contributed by atoms with van der Waals surface area (Å²) in [5.74, 6) is -0.536. The third kappa shape index (κ3) is 3.30. The van der Waals surface area contributed by atoms with E-state index in [4.69, 9.17) is 11.6 Å². The fourth-order valence-corrected chi connectivity index (χ4v) is 4.35. The molecule has 1 aliphatic carbocycles. The first kappa shape index (κ1) is 18.0. The molecule has 144 valence electrons. The second-order valence-corrected chi connectivity index (χ2v) is 8.01. The van der Waals surface area contributed by atoms with Gasteiger partial charge in [-0.05, 0) is 65.1 Å². The van der Waals surface area contributed by atoms with Gasteiger partial charge in [0.25, 0.3) is 0 Å². The molecule has 0 bridgehead atoms. The normalized spacial score (nSPS) is 17.2. The molecule has 0 radical (unpaired) electrons. The smallest absolute Gasteiger partial charge is 0.229 e. The summed E-state index contributed by atoms with van der Waals surface area (Å²) in [5.41, 5.74) is 6.56. The van der Waals surface area contributed by atoms with Crippen LogP contribution in [-0.2, 0) is 16.0 Å². The molecule has 5 rings (SSSR count). The Morgan fingerprint density at radius 2 is 1.72 bits per heavy atom. The van der Waals surface area contributed by atoms with Crippen LogP contribution >= 0.6 is 11.6 Å². The fourth-order valence-electron chi connectivity index (χ4n) is 4.22. The van der Waals surface area contributed by atoms with Gasteiger partial charge in [-0.15, -0.1) is 0 Å². The molecule has 0 saturated carbocycles. The number of carbonyl (C=O) groups is 2. The molecule has 5 heteroatoms. The number of benzene rings is 3. The Morgan fingerprint density at radius 3 is 2.55 bits per heavy atom. The van der Waals surface area contributed by atoms with Crippen molar-refractivity contribution in [3.8, 4) is 11.1 Å². The molecular weight excluding hydrogens is 384 g/mol. The molecule has 1 fully saturated rings. The second-order valence-electron chi connectivity index (χ2n) is 7.58. The molecule has 2 aliphatic rings. The predicted molar refractivity (Wildman–Crippen MR) is 115 cm³/mol. The average molecular weight is 403 g/mol. The maximum atomic E-state index is 12.8. The van der Waals surface area contributed by atoms with E-state index in [9.17, 15) is 9.59 Å². The Morgan fingerprint density at radius 1 is 0.966 bits per heavy atom. The van der Waals surface area contributed by atoms with Gasteiger partial charge in [-0.3, -0.25) is 9.59 Å². The Hall–Kier alpha value is -3.11. The van der Waals surface area contributed by atoms with Crippen molar-refractivity contribution in [1.29, 1.82) is 0 Å². The van der Waals surface area contributed by atoms with Crippen molar-refractivity contribution >= 4 is 34.8 Å². The van der Waals surface area contributed by atoms with Gasteiger partial charge in [-0.2, -0.15) is 0 Å². The number of hydrogen-bond acceptors (Lipinski definition) is 2. The number of carbonyl (C=O) groups excluding carboxylic acids is 2. The summed E-state index contributed by atoms with van der Waals surface area (Å²) in [6.07, 6.45) is 1.09. The van der Waals surface area contributed by atoms with E-state index in [1.165, 1.54) is 22.3 Å². The zero-order valence-electron chi connectivity index (χ0n) is 15.7. The third-order valence-corrected chi connectivity index (χ3v) is 5.95. The molecule has 1 unspecified atom stereocenters. The SMILES string of the molecule is O=C(Nc1ccc2c(c1)Cc1ccccc1-2)C1CC(=O)N(c2ccc(Cl)cc2)C1. The second kappa shape index (κ2) is 7.05. The highest BCUT2D eigenvalue weighted by molar-refractivity contribution is 6.30. The maximum absolute atomic E-state index is 12.8. The molecule has 1 saturated heterocycles. The summed E-state index contributed by atoms with van der Waals surface area (Å²) in [4.78, 5) is 26.9. The van der Waals surface area contributed by atoms with E-state index in [0.717, 1.165) is 17.8 Å². The fraction of sp³-hybridized carbons (Fsp3) is 0.167. The van der Waals surface area contributed by atoms with Crippen LogP contribution in [0.4, 0.5) is 11.4 Å². The Balaban J connectivity index is 1.30. The first-order valence-corrected chi connectivity index (χ1v) is 10.0. The first-order chi connectivity index (χ1) is 14.1. The molecule has 0 spiro atoms. The molecule has 3 aromatic rings. The zero-order chi connectivity index (χ0) is 20.0. The van der Waals surface area contributed by atoms with E-state index in [1.807, 2.05) is 18.2 Å². The van der Waals surface area contributed by atoms with Crippen LogP contribution in [0.2, 0.25) is 5.02 Å². The van der Waals surface area contributed by atoms with Gasteiger partial charge in [0, 0.05) is 29.4 Å². The van der Waals surface area contributed by atoms with Gasteiger partial charge in [0.05, 0.1) is 5.92 Å². The third-order valence-electron chi connectivity index (χ3n) is 5.70. The number of rotatable bonds is 3. The van der Waals surface area contributed by atoms with E-state index in [1.54, 1.807) is 29.2 Å². The Kier molecular flexibility index (Phi) is 4.36. The topological polar surface area (TPSA) is 49.4 Å². The highest BCUT2D eigenvalue weighted by Crippen LogP contribution is 2.37. The van der Waals surface area contributed by atoms with E-state index in [0.29, 0.717) is 11.6 Å². The van der Waals surface area contributed by atoms with Crippen LogP contribution in [0.3, 0.4) is 0 Å². The highest BCUT2D eigenvalue weighted by Gasteiger charge is 2.35. The van der Waals surface area contributed by atoms with Gasteiger partial charge in [0.2, 0.25) is 11.8 Å². The molecule has 0 aromatic heterocycles. The van der Waals surface area contributed by atoms with Gasteiger partial charge < -0.3 is 10.2 Å². The van der Waals surface area contributed by atoms with Gasteiger partial charge in [0.1, 0.15) is 0 Å². The van der Waals surface area contributed by atoms with Crippen molar-refractivity contribution < 1.29 is 9.59 Å². The lowest BCUT2D eigenvalue weighted by Gasteiger charge is -2.17. The summed E-state index contributed by atoms with van der Waals surface area (Å²) in [7, 11) is 0. The molecule has 29 heavy (non-hydrogen) atoms. The lowest BCUT2D eigenvalue weighted by Crippen LogP contribution is -2.28. The molecule has 2 amide bonds. The van der Waals surface area contributed by atoms with Crippen molar-refractivity contribution in [1.82, 2.24) is 0 Å². The van der Waals surface area contributed by atoms with Crippen LogP contribution in [-0.4, -0.2) is 18.4 Å². The maximum Gasteiger partial charge on any atom is 0.229 e. The molecule has 1 atom stereocenters. The molecule has 4 nitrogen and oxygen atoms in total. The van der Waals surface area contributed by atoms with Crippen molar-refractivity contribution in [2.45, 2.75) is 12.8 Å². The van der Waals surface area contributed by atoms with E-state index < -0.39 is 0 Å². The number of anilines is 2. The summed E-state index contributed by atoms with van der Waals surface area (Å²) in [5, 5.41) is 3.62. The zero-order valence-corrected chi connectivity index (χ0v) is 16.4. The number of nitrogens with zero attached hydrogens (tertiary/aromatic N) is 1. The van der Waals surface area contributed by atoms with Crippen molar-refractivity contribution in [3.05, 3.63) is 82.9 Å². The van der Waals surface area contributed by atoms with Gasteiger partial charge in [-0.25, -0.2) is 0 Å². The van der Waals surface area contributed by atoms with Crippen LogP contribution in [0.25, 0.3) is 11.1 Å². The number of fused-ring (bicyclic) bond motifs is 3. The van der Waals surface area contributed by atoms with Crippen LogP contribution < -0.4 is 10.2 Å². The minimum atomic E-state index is -0.372. The van der Waals surface area contributed by atoms with E-state index in [2.05, 4.69) is 29.6 Å². The van der Waals surface area contributed by atoms with E-state index >= 15 is 0 Å². The van der Waals surface area contributed by atoms with Crippen LogP contribution in [0.5, 0.6) is 0 Å². The number of hydrogen-bond donors (Lipinski definition) is 1. The molecular formula is C24H19ClN2O2. The minimum absolute atomic E-state index is 0.0446. The molecule has 1 heterocycles. The van der Waals surface area contributed by atoms with Crippen LogP contribution in [0, 0.1) is 5.92 Å². The molecule has 1 aliphatic heterocycles. The van der Waals surface area contributed by atoms with Crippen molar-refractivity contribution in [2.75, 3.05) is 16.8 Å². The number of halogens is 1. The highest BCUT2D eigenvalue weighted by atomic mass is 35.5. The van der Waals surface area contributed by atoms with Crippen molar-refractivity contribution in [2.24, 2.45) is 5.92 Å². The predicted octanol–water partition coefficient (Wildman–Crippen LogP) is 4.90. The Bertz CT molecular complexity index is 1120. The quantitative estimate of drug-likeness (QED) is 0.529. The summed E-state index contributed by atoms with van der Waals surface area (Å²) < 4.78 is 0. The van der Waals surface area contributed by atoms with E-state index in [-0.39, 0.29) is 24.2 Å². The average Bonchev–Trinajstić information content (AvgIpc) is 3.29.